The molecule has 0 amide bonds. The second kappa shape index (κ2) is 1.91. The Morgan fingerprint density at radius 1 is 1.30 bits per heavy atom. The number of para-hydroxylation sites is 1. The lowest BCUT2D eigenvalue weighted by Crippen LogP contribution is -2.02. The molecule has 4 heteroatoms. The third-order valence-corrected chi connectivity index (χ3v) is 1.75. The maximum atomic E-state index is 3.93. The van der Waals surface area contributed by atoms with Crippen LogP contribution >= 0.6 is 0 Å². The van der Waals surface area contributed by atoms with Crippen LogP contribution in [0.3, 0.4) is 0 Å². The van der Waals surface area contributed by atoms with Crippen LogP contribution in [0.15, 0.2) is 18.2 Å². The van der Waals surface area contributed by atoms with E-state index in [1.807, 2.05) is 18.2 Å². The predicted octanol–water partition coefficient (Wildman–Crippen LogP) is -0.248. The van der Waals surface area contributed by atoms with Gasteiger partial charge in [-0.1, -0.05) is 12.1 Å². The van der Waals surface area contributed by atoms with Gasteiger partial charge >= 0.3 is 0 Å². The number of hydrogen-bond donors (Lipinski definition) is 1. The van der Waals surface area contributed by atoms with Gasteiger partial charge in [-0.3, -0.25) is 0 Å². The number of benzene rings is 1. The van der Waals surface area contributed by atoms with Crippen molar-refractivity contribution in [2.45, 2.75) is 0 Å². The Bertz CT molecular complexity index is 355. The van der Waals surface area contributed by atoms with Gasteiger partial charge in [0.1, 0.15) is 11.0 Å². The van der Waals surface area contributed by atoms with Gasteiger partial charge in [0.25, 0.3) is 0 Å². The highest BCUT2D eigenvalue weighted by Gasteiger charge is 1.97. The van der Waals surface area contributed by atoms with Gasteiger partial charge in [-0.05, 0) is 11.3 Å². The average molecular weight is 146 g/mol. The maximum absolute atomic E-state index is 3.93. The van der Waals surface area contributed by atoms with Gasteiger partial charge in [0.05, 0.1) is 10.2 Å². The Balaban J connectivity index is 2.95. The largest absolute Gasteiger partial charge is 0.197 e. The Kier molecular flexibility index (Phi) is 1.07. The fourth-order valence-electron chi connectivity index (χ4n) is 0.868. The molecule has 0 fully saturated rings. The Morgan fingerprint density at radius 2 is 2.20 bits per heavy atom. The molecule has 2 aromatic rings. The molecule has 3 nitrogen and oxygen atoms in total. The minimum absolute atomic E-state index is 0.874. The Labute approximate surface area is 60.9 Å². The molecular weight excluding hydrogens is 142 g/mol. The molecule has 0 saturated carbocycles. The molecule has 10 heavy (non-hydrogen) atoms. The standard InChI is InChI=1S/C6H4N3Si/c10-5-3-1-2-4-6(5)8-9-7-4/h1-3H,(H,7,8,9). The van der Waals surface area contributed by atoms with Crippen molar-refractivity contribution in [2.24, 2.45) is 0 Å². The van der Waals surface area contributed by atoms with E-state index in [4.69, 9.17) is 0 Å². The van der Waals surface area contributed by atoms with Gasteiger partial charge in [-0.15, -0.1) is 0 Å². The third-order valence-electron chi connectivity index (χ3n) is 1.35. The number of aromatic nitrogens is 3. The van der Waals surface area contributed by atoms with Crippen LogP contribution in [0, 0.1) is 0 Å². The summed E-state index contributed by atoms with van der Waals surface area (Å²) in [5, 5.41) is 11.4. The fraction of sp³-hybridized carbons (Fsp3) is 0. The van der Waals surface area contributed by atoms with Crippen LogP contribution in [-0.2, 0) is 0 Å². The summed E-state index contributed by atoms with van der Waals surface area (Å²) >= 11 is 0. The van der Waals surface area contributed by atoms with Crippen molar-refractivity contribution in [3.05, 3.63) is 18.2 Å². The molecule has 2 rings (SSSR count). The second-order valence-electron chi connectivity index (χ2n) is 2.00. The molecule has 1 N–H and O–H groups in total. The Hall–Kier alpha value is -1.16. The van der Waals surface area contributed by atoms with Crippen molar-refractivity contribution < 1.29 is 0 Å². The summed E-state index contributed by atoms with van der Waals surface area (Å²) in [5.74, 6) is 0. The van der Waals surface area contributed by atoms with Gasteiger partial charge in [0.15, 0.2) is 0 Å². The monoisotopic (exact) mass is 146 g/mol. The van der Waals surface area contributed by atoms with Gasteiger partial charge < -0.3 is 0 Å². The fourth-order valence-corrected chi connectivity index (χ4v) is 1.15. The van der Waals surface area contributed by atoms with E-state index >= 15 is 0 Å². The van der Waals surface area contributed by atoms with E-state index in [9.17, 15) is 0 Å². The summed E-state index contributed by atoms with van der Waals surface area (Å²) < 4.78 is 0. The molecule has 47 valence electrons. The molecule has 0 aliphatic heterocycles. The van der Waals surface area contributed by atoms with Crippen molar-refractivity contribution in [2.75, 3.05) is 0 Å². The molecule has 0 unspecified atom stereocenters. The number of hydrogen-bond acceptors (Lipinski definition) is 2. The van der Waals surface area contributed by atoms with Gasteiger partial charge in [0.2, 0.25) is 0 Å². The average Bonchev–Trinajstić information content (AvgIpc) is 2.36. The highest BCUT2D eigenvalue weighted by Crippen LogP contribution is 2.00. The number of nitrogens with zero attached hydrogens (tertiary/aromatic N) is 2. The third kappa shape index (κ3) is 0.656. The Morgan fingerprint density at radius 3 is 3.00 bits per heavy atom. The van der Waals surface area contributed by atoms with E-state index in [0.717, 1.165) is 16.2 Å². The van der Waals surface area contributed by atoms with E-state index in [1.165, 1.54) is 0 Å². The smallest absolute Gasteiger partial charge is 0.112 e. The zero-order valence-corrected chi connectivity index (χ0v) is 6.13. The molecule has 3 radical (unpaired) electrons. The lowest BCUT2D eigenvalue weighted by molar-refractivity contribution is 0.960. The summed E-state index contributed by atoms with van der Waals surface area (Å²) in [5.41, 5.74) is 1.76. The number of H-pyrrole nitrogens is 1. The van der Waals surface area contributed by atoms with Crippen molar-refractivity contribution in [3.63, 3.8) is 0 Å². The molecule has 0 bridgehead atoms. The summed E-state index contributed by atoms with van der Waals surface area (Å²) in [7, 11) is 3.40. The van der Waals surface area contributed by atoms with Crippen molar-refractivity contribution >= 4 is 26.5 Å². The first-order chi connectivity index (χ1) is 4.88. The van der Waals surface area contributed by atoms with E-state index in [0.29, 0.717) is 0 Å². The summed E-state index contributed by atoms with van der Waals surface area (Å²) in [6.07, 6.45) is 0. The molecule has 0 aliphatic rings. The lowest BCUT2D eigenvalue weighted by atomic mass is 10.3. The topological polar surface area (TPSA) is 41.6 Å². The predicted molar refractivity (Wildman–Crippen MR) is 39.3 cm³/mol. The minimum Gasteiger partial charge on any atom is -0.197 e. The lowest BCUT2D eigenvalue weighted by Gasteiger charge is -1.87. The molecule has 0 atom stereocenters. The van der Waals surface area contributed by atoms with E-state index in [2.05, 4.69) is 25.7 Å². The van der Waals surface area contributed by atoms with Crippen LogP contribution in [0.4, 0.5) is 0 Å². The molecular formula is C6H4N3Si. The number of aromatic amines is 1. The molecule has 1 aromatic heterocycles. The van der Waals surface area contributed by atoms with Crippen molar-refractivity contribution in [3.8, 4) is 0 Å². The summed E-state index contributed by atoms with van der Waals surface area (Å²) in [4.78, 5) is 0. The van der Waals surface area contributed by atoms with E-state index < -0.39 is 0 Å². The van der Waals surface area contributed by atoms with E-state index in [-0.39, 0.29) is 0 Å². The zero-order chi connectivity index (χ0) is 6.97. The molecule has 1 heterocycles. The van der Waals surface area contributed by atoms with Crippen molar-refractivity contribution in [1.82, 2.24) is 15.4 Å². The number of nitrogens with one attached hydrogen (secondary N) is 1. The SMILES string of the molecule is [Si]c1cccc2n[nH]nc12. The van der Waals surface area contributed by atoms with Gasteiger partial charge in [-0.2, -0.15) is 15.4 Å². The highest BCUT2D eigenvalue weighted by molar-refractivity contribution is 6.37. The molecule has 0 aliphatic carbocycles. The minimum atomic E-state index is 0.874. The number of rotatable bonds is 0. The van der Waals surface area contributed by atoms with Crippen LogP contribution in [0.5, 0.6) is 0 Å². The number of fused-ring (bicyclic) bond motifs is 1. The van der Waals surface area contributed by atoms with Crippen LogP contribution in [0.2, 0.25) is 0 Å². The quantitative estimate of drug-likeness (QED) is 0.521. The summed E-state index contributed by atoms with van der Waals surface area (Å²) in [6, 6.07) is 5.76. The van der Waals surface area contributed by atoms with Crippen LogP contribution in [-0.4, -0.2) is 25.7 Å². The normalized spacial score (nSPS) is 10.5. The molecule has 0 saturated heterocycles. The first kappa shape index (κ1) is 5.61. The van der Waals surface area contributed by atoms with Crippen LogP contribution < -0.4 is 5.19 Å². The van der Waals surface area contributed by atoms with Gasteiger partial charge in [-0.25, -0.2) is 0 Å². The van der Waals surface area contributed by atoms with Crippen LogP contribution in [0.25, 0.3) is 11.0 Å². The first-order valence-electron chi connectivity index (χ1n) is 2.89. The van der Waals surface area contributed by atoms with Crippen LogP contribution in [0.1, 0.15) is 0 Å². The molecule has 1 aromatic carbocycles. The second-order valence-corrected chi connectivity index (χ2v) is 2.54. The first-order valence-corrected chi connectivity index (χ1v) is 3.39. The maximum Gasteiger partial charge on any atom is 0.112 e. The van der Waals surface area contributed by atoms with E-state index in [1.54, 1.807) is 0 Å². The van der Waals surface area contributed by atoms with Crippen molar-refractivity contribution in [1.29, 1.82) is 0 Å². The molecule has 0 spiro atoms. The van der Waals surface area contributed by atoms with Gasteiger partial charge in [0, 0.05) is 0 Å². The summed E-state index contributed by atoms with van der Waals surface area (Å²) in [6.45, 7) is 0. The zero-order valence-electron chi connectivity index (χ0n) is 5.13. The highest BCUT2D eigenvalue weighted by atomic mass is 28.1.